The van der Waals surface area contributed by atoms with Crippen LogP contribution in [0.2, 0.25) is 0 Å². The second kappa shape index (κ2) is 5.27. The Bertz CT molecular complexity index is 573. The molecule has 0 heterocycles. The zero-order chi connectivity index (χ0) is 13.0. The van der Waals surface area contributed by atoms with Crippen molar-refractivity contribution in [2.45, 2.75) is 0 Å². The molecule has 0 saturated carbocycles. The first kappa shape index (κ1) is 12.0. The molecule has 0 amide bonds. The maximum absolute atomic E-state index is 11.7. The molecule has 0 aromatic heterocycles. The number of benzene rings is 2. The van der Waals surface area contributed by atoms with Crippen molar-refractivity contribution in [1.29, 1.82) is 0 Å². The number of hydrogen-bond donors (Lipinski definition) is 0. The molecule has 0 atom stereocenters. The van der Waals surface area contributed by atoms with E-state index in [0.717, 1.165) is 11.1 Å². The monoisotopic (exact) mass is 240 g/mol. The van der Waals surface area contributed by atoms with Gasteiger partial charge in [-0.25, -0.2) is 4.79 Å². The minimum Gasteiger partial charge on any atom is -0.463 e. The zero-order valence-electron chi connectivity index (χ0n) is 9.92. The summed E-state index contributed by atoms with van der Waals surface area (Å²) >= 11 is 0. The van der Waals surface area contributed by atoms with E-state index in [9.17, 15) is 9.59 Å². The summed E-state index contributed by atoms with van der Waals surface area (Å²) in [5, 5.41) is 0. The van der Waals surface area contributed by atoms with E-state index in [2.05, 4.69) is 4.74 Å². The second-order valence-corrected chi connectivity index (χ2v) is 3.77. The van der Waals surface area contributed by atoms with E-state index < -0.39 is 11.8 Å². The lowest BCUT2D eigenvalue weighted by atomic mass is 10.0. The average molecular weight is 240 g/mol. The third-order valence-corrected chi connectivity index (χ3v) is 2.60. The first-order valence-corrected chi connectivity index (χ1v) is 5.50. The number of carbonyl (C=O) groups is 2. The summed E-state index contributed by atoms with van der Waals surface area (Å²) in [5.74, 6) is -1.48. The molecule has 18 heavy (non-hydrogen) atoms. The Hall–Kier alpha value is -2.42. The first-order valence-electron chi connectivity index (χ1n) is 5.50. The van der Waals surface area contributed by atoms with Crippen LogP contribution in [-0.2, 0) is 9.53 Å². The number of Topliss-reactive ketones (excluding diaryl/α,β-unsaturated/α-hetero) is 1. The summed E-state index contributed by atoms with van der Waals surface area (Å²) in [6.45, 7) is 0. The minimum absolute atomic E-state index is 0.336. The van der Waals surface area contributed by atoms with Crippen LogP contribution in [0.4, 0.5) is 0 Å². The molecule has 3 nitrogen and oxygen atoms in total. The van der Waals surface area contributed by atoms with E-state index >= 15 is 0 Å². The van der Waals surface area contributed by atoms with Gasteiger partial charge in [-0.15, -0.1) is 0 Å². The van der Waals surface area contributed by atoms with Gasteiger partial charge in [-0.1, -0.05) is 48.5 Å². The molecule has 0 saturated heterocycles. The highest BCUT2D eigenvalue weighted by Gasteiger charge is 2.16. The zero-order valence-corrected chi connectivity index (χ0v) is 9.92. The molecule has 2 aromatic rings. The van der Waals surface area contributed by atoms with E-state index in [1.165, 1.54) is 7.11 Å². The van der Waals surface area contributed by atoms with Gasteiger partial charge in [-0.2, -0.15) is 0 Å². The van der Waals surface area contributed by atoms with Crippen LogP contribution in [0.25, 0.3) is 11.1 Å². The van der Waals surface area contributed by atoms with Gasteiger partial charge in [-0.3, -0.25) is 4.79 Å². The van der Waals surface area contributed by atoms with Crippen LogP contribution >= 0.6 is 0 Å². The number of carbonyl (C=O) groups excluding carboxylic acids is 2. The van der Waals surface area contributed by atoms with Crippen molar-refractivity contribution in [2.75, 3.05) is 7.11 Å². The average Bonchev–Trinajstić information content (AvgIpc) is 2.46. The highest BCUT2D eigenvalue weighted by atomic mass is 16.5. The van der Waals surface area contributed by atoms with Crippen LogP contribution in [0.15, 0.2) is 54.6 Å². The summed E-state index contributed by atoms with van der Waals surface area (Å²) in [5.41, 5.74) is 2.23. The van der Waals surface area contributed by atoms with Crippen molar-refractivity contribution in [1.82, 2.24) is 0 Å². The fourth-order valence-electron chi connectivity index (χ4n) is 1.68. The quantitative estimate of drug-likeness (QED) is 0.470. The molecule has 0 fully saturated rings. The first-order chi connectivity index (χ1) is 8.72. The summed E-state index contributed by atoms with van der Waals surface area (Å²) in [4.78, 5) is 22.9. The van der Waals surface area contributed by atoms with Crippen LogP contribution < -0.4 is 0 Å². The van der Waals surface area contributed by atoms with Gasteiger partial charge < -0.3 is 4.74 Å². The standard InChI is InChI=1S/C15H12O3/c1-18-15(17)14(16)13-9-5-8-12(10-13)11-6-3-2-4-7-11/h2-10H,1H3. The topological polar surface area (TPSA) is 43.4 Å². The predicted octanol–water partition coefficient (Wildman–Crippen LogP) is 2.71. The van der Waals surface area contributed by atoms with E-state index in [1.807, 2.05) is 36.4 Å². The number of rotatable bonds is 3. The Morgan fingerprint density at radius 2 is 1.56 bits per heavy atom. The molecule has 0 radical (unpaired) electrons. The van der Waals surface area contributed by atoms with Crippen LogP contribution in [0.3, 0.4) is 0 Å². The lowest BCUT2D eigenvalue weighted by Gasteiger charge is -2.04. The SMILES string of the molecule is COC(=O)C(=O)c1cccc(-c2ccccc2)c1. The lowest BCUT2D eigenvalue weighted by Crippen LogP contribution is -2.15. The minimum atomic E-state index is -0.847. The van der Waals surface area contributed by atoms with Gasteiger partial charge >= 0.3 is 5.97 Å². The predicted molar refractivity (Wildman–Crippen MR) is 68.2 cm³/mol. The fourth-order valence-corrected chi connectivity index (χ4v) is 1.68. The van der Waals surface area contributed by atoms with Crippen LogP contribution in [0.5, 0.6) is 0 Å². The van der Waals surface area contributed by atoms with E-state index in [4.69, 9.17) is 0 Å². The van der Waals surface area contributed by atoms with E-state index in [0.29, 0.717) is 5.56 Å². The van der Waals surface area contributed by atoms with Crippen molar-refractivity contribution >= 4 is 11.8 Å². The summed E-state index contributed by atoms with van der Waals surface area (Å²) in [6, 6.07) is 16.6. The molecule has 0 aliphatic carbocycles. The highest BCUT2D eigenvalue weighted by molar-refractivity contribution is 6.40. The second-order valence-electron chi connectivity index (χ2n) is 3.77. The largest absolute Gasteiger partial charge is 0.463 e. The van der Waals surface area contributed by atoms with Crippen molar-refractivity contribution < 1.29 is 14.3 Å². The molecule has 90 valence electrons. The molecule has 0 aliphatic heterocycles. The normalized spacial score (nSPS) is 9.83. The van der Waals surface area contributed by atoms with Crippen molar-refractivity contribution in [3.63, 3.8) is 0 Å². The van der Waals surface area contributed by atoms with E-state index in [1.54, 1.807) is 18.2 Å². The summed E-state index contributed by atoms with van der Waals surface area (Å²) < 4.78 is 4.42. The van der Waals surface area contributed by atoms with Gasteiger partial charge in [0.05, 0.1) is 7.11 Å². The number of methoxy groups -OCH3 is 1. The maximum atomic E-state index is 11.7. The van der Waals surface area contributed by atoms with Crippen LogP contribution in [0, 0.1) is 0 Å². The maximum Gasteiger partial charge on any atom is 0.379 e. The number of esters is 1. The Balaban J connectivity index is 2.37. The smallest absolute Gasteiger partial charge is 0.379 e. The number of ether oxygens (including phenoxy) is 1. The summed E-state index contributed by atoms with van der Waals surface area (Å²) in [7, 11) is 1.20. The van der Waals surface area contributed by atoms with Gasteiger partial charge in [0.2, 0.25) is 0 Å². The molecule has 0 bridgehead atoms. The fraction of sp³-hybridized carbons (Fsp3) is 0.0667. The van der Waals surface area contributed by atoms with Crippen molar-refractivity contribution in [3.8, 4) is 11.1 Å². The third kappa shape index (κ3) is 2.46. The van der Waals surface area contributed by atoms with Gasteiger partial charge in [0.15, 0.2) is 0 Å². The molecule has 2 aromatic carbocycles. The molecule has 3 heteroatoms. The van der Waals surface area contributed by atoms with Crippen LogP contribution in [-0.4, -0.2) is 18.9 Å². The van der Waals surface area contributed by atoms with Crippen molar-refractivity contribution in [2.24, 2.45) is 0 Å². The number of hydrogen-bond acceptors (Lipinski definition) is 3. The Labute approximate surface area is 105 Å². The molecule has 2 rings (SSSR count). The molecule has 0 unspecified atom stereocenters. The van der Waals surface area contributed by atoms with Gasteiger partial charge in [0.1, 0.15) is 0 Å². The molecular weight excluding hydrogens is 228 g/mol. The highest BCUT2D eigenvalue weighted by Crippen LogP contribution is 2.20. The molecule has 0 N–H and O–H groups in total. The van der Waals surface area contributed by atoms with Crippen molar-refractivity contribution in [3.05, 3.63) is 60.2 Å². The third-order valence-electron chi connectivity index (χ3n) is 2.60. The Kier molecular flexibility index (Phi) is 3.53. The molecule has 0 aliphatic rings. The molecule has 0 spiro atoms. The van der Waals surface area contributed by atoms with Crippen LogP contribution in [0.1, 0.15) is 10.4 Å². The van der Waals surface area contributed by atoms with Gasteiger partial charge in [0, 0.05) is 5.56 Å². The molecular formula is C15H12O3. The van der Waals surface area contributed by atoms with E-state index in [-0.39, 0.29) is 0 Å². The Morgan fingerprint density at radius 1 is 0.889 bits per heavy atom. The van der Waals surface area contributed by atoms with Gasteiger partial charge in [-0.05, 0) is 17.2 Å². The lowest BCUT2D eigenvalue weighted by molar-refractivity contribution is -0.135. The summed E-state index contributed by atoms with van der Waals surface area (Å²) in [6.07, 6.45) is 0. The van der Waals surface area contributed by atoms with Gasteiger partial charge in [0.25, 0.3) is 5.78 Å². The number of ketones is 1. The Morgan fingerprint density at radius 3 is 2.22 bits per heavy atom.